The van der Waals surface area contributed by atoms with Gasteiger partial charge >= 0.3 is 11.9 Å². The molecule has 0 amide bonds. The Balaban J connectivity index is 2.41. The zero-order valence-electron chi connectivity index (χ0n) is 13.8. The van der Waals surface area contributed by atoms with Crippen LogP contribution in [0.3, 0.4) is 0 Å². The van der Waals surface area contributed by atoms with Crippen molar-refractivity contribution in [3.8, 4) is 0 Å². The fraction of sp³-hybridized carbons (Fsp3) is 0.500. The molecular formula is C18H21FO5. The molecule has 0 aromatic heterocycles. The highest BCUT2D eigenvalue weighted by Crippen LogP contribution is 2.40. The van der Waals surface area contributed by atoms with Crippen molar-refractivity contribution < 1.29 is 28.2 Å². The van der Waals surface area contributed by atoms with Gasteiger partial charge < -0.3 is 9.47 Å². The molecule has 1 aromatic rings. The van der Waals surface area contributed by atoms with Gasteiger partial charge in [0.1, 0.15) is 11.6 Å². The van der Waals surface area contributed by atoms with Crippen LogP contribution in [0.15, 0.2) is 24.3 Å². The fourth-order valence-corrected chi connectivity index (χ4v) is 3.18. The van der Waals surface area contributed by atoms with Gasteiger partial charge in [-0.25, -0.2) is 4.39 Å². The molecule has 6 heteroatoms. The quantitative estimate of drug-likeness (QED) is 0.773. The molecule has 1 aliphatic rings. The lowest BCUT2D eigenvalue weighted by Crippen LogP contribution is -2.43. The van der Waals surface area contributed by atoms with Gasteiger partial charge in [0.25, 0.3) is 0 Å². The van der Waals surface area contributed by atoms with Crippen molar-refractivity contribution >= 4 is 17.7 Å². The van der Waals surface area contributed by atoms with Gasteiger partial charge in [-0.2, -0.15) is 0 Å². The van der Waals surface area contributed by atoms with E-state index in [0.29, 0.717) is 5.56 Å². The zero-order valence-corrected chi connectivity index (χ0v) is 13.8. The van der Waals surface area contributed by atoms with Gasteiger partial charge in [0.15, 0.2) is 0 Å². The molecule has 0 heterocycles. The van der Waals surface area contributed by atoms with Crippen LogP contribution in [-0.2, 0) is 23.9 Å². The molecule has 0 radical (unpaired) electrons. The average molecular weight is 336 g/mol. The molecule has 0 spiro atoms. The van der Waals surface area contributed by atoms with Crippen molar-refractivity contribution in [2.75, 3.05) is 13.2 Å². The summed E-state index contributed by atoms with van der Waals surface area (Å²) in [7, 11) is 0. The number of Topliss-reactive ketones (excluding diaryl/α,β-unsaturated/α-hetero) is 1. The molecule has 24 heavy (non-hydrogen) atoms. The second kappa shape index (κ2) is 8.04. The lowest BCUT2D eigenvalue weighted by Gasteiger charge is -2.34. The number of rotatable bonds is 5. The predicted octanol–water partition coefficient (Wildman–Crippen LogP) is 2.63. The molecule has 1 aromatic carbocycles. The minimum atomic E-state index is -0.948. The maximum atomic E-state index is 13.2. The summed E-state index contributed by atoms with van der Waals surface area (Å²) >= 11 is 0. The van der Waals surface area contributed by atoms with Crippen molar-refractivity contribution in [1.82, 2.24) is 0 Å². The first kappa shape index (κ1) is 18.1. The summed E-state index contributed by atoms with van der Waals surface area (Å²) in [6, 6.07) is 5.41. The number of ketones is 1. The summed E-state index contributed by atoms with van der Waals surface area (Å²) in [5.41, 5.74) is 0.508. The van der Waals surface area contributed by atoms with Crippen LogP contribution in [0.5, 0.6) is 0 Å². The topological polar surface area (TPSA) is 69.7 Å². The molecule has 0 saturated heterocycles. The van der Waals surface area contributed by atoms with Gasteiger partial charge in [-0.3, -0.25) is 14.4 Å². The summed E-state index contributed by atoms with van der Waals surface area (Å²) in [6.07, 6.45) is 0.417. The highest BCUT2D eigenvalue weighted by atomic mass is 19.1. The molecule has 1 aliphatic carbocycles. The molecule has 0 aliphatic heterocycles. The Bertz CT molecular complexity index is 610. The maximum absolute atomic E-state index is 13.2. The molecule has 130 valence electrons. The number of carbonyl (C=O) groups is 3. The molecule has 2 rings (SSSR count). The van der Waals surface area contributed by atoms with Gasteiger partial charge in [0.05, 0.1) is 31.0 Å². The van der Waals surface area contributed by atoms with E-state index in [1.807, 2.05) is 0 Å². The monoisotopic (exact) mass is 336 g/mol. The highest BCUT2D eigenvalue weighted by molar-refractivity contribution is 5.95. The Kier molecular flexibility index (Phi) is 6.06. The summed E-state index contributed by atoms with van der Waals surface area (Å²) in [5, 5.41) is 0. The van der Waals surface area contributed by atoms with Crippen LogP contribution in [0.25, 0.3) is 0 Å². The Morgan fingerprint density at radius 1 is 1.08 bits per heavy atom. The fourth-order valence-electron chi connectivity index (χ4n) is 3.18. The minimum absolute atomic E-state index is 0.148. The third-order valence-electron chi connectivity index (χ3n) is 4.22. The largest absolute Gasteiger partial charge is 0.466 e. The second-order valence-electron chi connectivity index (χ2n) is 5.67. The van der Waals surface area contributed by atoms with Gasteiger partial charge in [-0.1, -0.05) is 12.1 Å². The molecule has 3 atom stereocenters. The Hall–Kier alpha value is -2.24. The minimum Gasteiger partial charge on any atom is -0.466 e. The Morgan fingerprint density at radius 2 is 1.67 bits per heavy atom. The molecule has 0 bridgehead atoms. The lowest BCUT2D eigenvalue weighted by molar-refractivity contribution is -0.164. The lowest BCUT2D eigenvalue weighted by atomic mass is 9.68. The smallest absolute Gasteiger partial charge is 0.310 e. The average Bonchev–Trinajstić information content (AvgIpc) is 2.56. The van der Waals surface area contributed by atoms with Crippen molar-refractivity contribution in [3.05, 3.63) is 35.6 Å². The van der Waals surface area contributed by atoms with E-state index in [4.69, 9.17) is 9.47 Å². The van der Waals surface area contributed by atoms with Crippen LogP contribution >= 0.6 is 0 Å². The van der Waals surface area contributed by atoms with Crippen LogP contribution < -0.4 is 0 Å². The van der Waals surface area contributed by atoms with Crippen molar-refractivity contribution in [2.24, 2.45) is 11.8 Å². The van der Waals surface area contributed by atoms with Crippen LogP contribution in [0.1, 0.15) is 38.2 Å². The van der Waals surface area contributed by atoms with Crippen LogP contribution in [0, 0.1) is 17.7 Å². The van der Waals surface area contributed by atoms with Gasteiger partial charge in [0, 0.05) is 6.42 Å². The van der Waals surface area contributed by atoms with E-state index in [0.717, 1.165) is 0 Å². The van der Waals surface area contributed by atoms with E-state index < -0.39 is 35.5 Å². The first-order valence-electron chi connectivity index (χ1n) is 8.11. The van der Waals surface area contributed by atoms with E-state index in [2.05, 4.69) is 0 Å². The predicted molar refractivity (Wildman–Crippen MR) is 83.6 cm³/mol. The highest BCUT2D eigenvalue weighted by Gasteiger charge is 2.48. The third kappa shape index (κ3) is 3.80. The van der Waals surface area contributed by atoms with Crippen LogP contribution in [-0.4, -0.2) is 30.9 Å². The number of esters is 2. The molecular weight excluding hydrogens is 315 g/mol. The molecule has 0 N–H and O–H groups in total. The van der Waals surface area contributed by atoms with Crippen molar-refractivity contribution in [1.29, 1.82) is 0 Å². The van der Waals surface area contributed by atoms with Gasteiger partial charge in [0.2, 0.25) is 0 Å². The first-order valence-corrected chi connectivity index (χ1v) is 8.11. The summed E-state index contributed by atoms with van der Waals surface area (Å²) < 4.78 is 23.3. The number of ether oxygens (including phenoxy) is 2. The molecule has 1 saturated carbocycles. The molecule has 0 unspecified atom stereocenters. The van der Waals surface area contributed by atoms with E-state index in [1.165, 1.54) is 24.3 Å². The van der Waals surface area contributed by atoms with Crippen molar-refractivity contribution in [2.45, 2.75) is 32.6 Å². The first-order chi connectivity index (χ1) is 11.5. The van der Waals surface area contributed by atoms with E-state index in [-0.39, 0.29) is 31.8 Å². The SMILES string of the molecule is CCOC(=O)[C@@H]1[C@@H](c2ccc(F)cc2)C(=O)CC[C@H]1C(=O)OCC. The third-order valence-corrected chi connectivity index (χ3v) is 4.22. The van der Waals surface area contributed by atoms with Gasteiger partial charge in [-0.15, -0.1) is 0 Å². The number of halogens is 1. The molecule has 5 nitrogen and oxygen atoms in total. The van der Waals surface area contributed by atoms with Crippen molar-refractivity contribution in [3.63, 3.8) is 0 Å². The standard InChI is InChI=1S/C18H21FO5/c1-3-23-17(21)13-9-10-14(20)15(16(13)18(22)24-4-2)11-5-7-12(19)8-6-11/h5-8,13,15-16H,3-4,9-10H2,1-2H3/t13-,15+,16+/m1/s1. The summed E-state index contributed by atoms with van der Waals surface area (Å²) in [6.45, 7) is 3.69. The van der Waals surface area contributed by atoms with E-state index in [1.54, 1.807) is 13.8 Å². The Labute approximate surface area is 140 Å². The van der Waals surface area contributed by atoms with E-state index in [9.17, 15) is 18.8 Å². The van der Waals surface area contributed by atoms with Gasteiger partial charge in [-0.05, 0) is 38.0 Å². The van der Waals surface area contributed by atoms with E-state index >= 15 is 0 Å². The zero-order chi connectivity index (χ0) is 17.7. The summed E-state index contributed by atoms with van der Waals surface area (Å²) in [5.74, 6) is -4.20. The second-order valence-corrected chi connectivity index (χ2v) is 5.67. The van der Waals surface area contributed by atoms with Crippen LogP contribution in [0.4, 0.5) is 4.39 Å². The normalized spacial score (nSPS) is 23.6. The number of hydrogen-bond donors (Lipinski definition) is 0. The number of carbonyl (C=O) groups excluding carboxylic acids is 3. The summed E-state index contributed by atoms with van der Waals surface area (Å²) in [4.78, 5) is 37.2. The van der Waals surface area contributed by atoms with Crippen LogP contribution in [0.2, 0.25) is 0 Å². The Morgan fingerprint density at radius 3 is 2.25 bits per heavy atom. The molecule has 1 fully saturated rings. The number of benzene rings is 1. The maximum Gasteiger partial charge on any atom is 0.310 e. The number of hydrogen-bond acceptors (Lipinski definition) is 5.